The molecule has 3 aromatic rings. The number of aromatic nitrogens is 5. The summed E-state index contributed by atoms with van der Waals surface area (Å²) in [6.07, 6.45) is 4.18. The quantitative estimate of drug-likeness (QED) is 0.664. The van der Waals surface area contributed by atoms with E-state index in [9.17, 15) is 4.79 Å². The lowest BCUT2D eigenvalue weighted by Gasteiger charge is -2.13. The van der Waals surface area contributed by atoms with E-state index in [1.54, 1.807) is 28.4 Å². The highest BCUT2D eigenvalue weighted by atomic mass is 32.2. The van der Waals surface area contributed by atoms with Gasteiger partial charge in [-0.05, 0) is 26.7 Å². The molecule has 4 rings (SSSR count). The molecule has 0 unspecified atom stereocenters. The van der Waals surface area contributed by atoms with E-state index < -0.39 is 0 Å². The van der Waals surface area contributed by atoms with Gasteiger partial charge in [0.15, 0.2) is 10.1 Å². The maximum atomic E-state index is 12.0. The zero-order valence-corrected chi connectivity index (χ0v) is 14.6. The summed E-state index contributed by atoms with van der Waals surface area (Å²) < 4.78 is 3.79. The topological polar surface area (TPSA) is 65.1 Å². The molecule has 8 heteroatoms. The Balaban J connectivity index is 1.59. The van der Waals surface area contributed by atoms with Crippen molar-refractivity contribution in [3.05, 3.63) is 39.5 Å². The van der Waals surface area contributed by atoms with Gasteiger partial charge in [-0.3, -0.25) is 9.20 Å². The summed E-state index contributed by atoms with van der Waals surface area (Å²) in [5, 5.41) is 11.5. The number of hydrogen-bond acceptors (Lipinski definition) is 6. The van der Waals surface area contributed by atoms with Crippen LogP contribution in [0.15, 0.2) is 27.6 Å². The molecule has 0 atom stereocenters. The molecule has 23 heavy (non-hydrogen) atoms. The first-order valence-corrected chi connectivity index (χ1v) is 9.53. The van der Waals surface area contributed by atoms with Gasteiger partial charge in [-0.15, -0.1) is 21.5 Å². The number of fused-ring (bicyclic) bond motifs is 1. The molecule has 6 nitrogen and oxygen atoms in total. The van der Waals surface area contributed by atoms with Gasteiger partial charge in [0.05, 0.1) is 5.69 Å². The van der Waals surface area contributed by atoms with Crippen molar-refractivity contribution in [1.82, 2.24) is 24.1 Å². The molecule has 0 aromatic carbocycles. The van der Waals surface area contributed by atoms with Crippen LogP contribution in [0.25, 0.3) is 4.96 Å². The fourth-order valence-corrected chi connectivity index (χ4v) is 4.30. The molecule has 0 bridgehead atoms. The zero-order chi connectivity index (χ0) is 16.0. The van der Waals surface area contributed by atoms with Crippen LogP contribution in [0, 0.1) is 0 Å². The van der Waals surface area contributed by atoms with Gasteiger partial charge in [0.2, 0.25) is 0 Å². The monoisotopic (exact) mass is 347 g/mol. The molecule has 0 aliphatic heterocycles. The minimum atomic E-state index is -0.0316. The molecule has 0 saturated heterocycles. The number of hydrogen-bond donors (Lipinski definition) is 0. The molecular formula is C15H17N5OS2. The average Bonchev–Trinajstić information content (AvgIpc) is 3.09. The third kappa shape index (κ3) is 2.81. The van der Waals surface area contributed by atoms with Gasteiger partial charge < -0.3 is 4.57 Å². The first kappa shape index (κ1) is 14.9. The van der Waals surface area contributed by atoms with Crippen LogP contribution in [0.2, 0.25) is 0 Å². The van der Waals surface area contributed by atoms with E-state index in [4.69, 9.17) is 0 Å². The predicted molar refractivity (Wildman–Crippen MR) is 91.3 cm³/mol. The Hall–Kier alpha value is -1.67. The summed E-state index contributed by atoms with van der Waals surface area (Å²) in [6.45, 7) is 4.31. The van der Waals surface area contributed by atoms with Crippen molar-refractivity contribution in [3.63, 3.8) is 0 Å². The molecule has 1 aliphatic carbocycles. The standard InChI is InChI=1S/C15H17N5OS2/c1-9(2)20-13(10-3-4-10)17-18-15(20)23-8-11-7-12(21)19-5-6-22-14(19)16-11/h5-7,9-10H,3-4,8H2,1-2H3. The summed E-state index contributed by atoms with van der Waals surface area (Å²) in [6, 6.07) is 1.94. The normalized spacial score (nSPS) is 14.9. The van der Waals surface area contributed by atoms with E-state index in [1.165, 1.54) is 24.2 Å². The fraction of sp³-hybridized carbons (Fsp3) is 0.467. The first-order chi connectivity index (χ1) is 11.1. The largest absolute Gasteiger partial charge is 0.303 e. The smallest absolute Gasteiger partial charge is 0.258 e. The summed E-state index contributed by atoms with van der Waals surface area (Å²) in [5.41, 5.74) is 0.754. The van der Waals surface area contributed by atoms with Crippen LogP contribution in [0.5, 0.6) is 0 Å². The Morgan fingerprint density at radius 3 is 2.96 bits per heavy atom. The molecule has 120 valence electrons. The third-order valence-corrected chi connectivity index (χ3v) is 5.59. The van der Waals surface area contributed by atoms with Gasteiger partial charge in [0.1, 0.15) is 5.82 Å². The molecule has 0 amide bonds. The lowest BCUT2D eigenvalue weighted by atomic mass is 10.3. The second kappa shape index (κ2) is 5.76. The van der Waals surface area contributed by atoms with Gasteiger partial charge in [0, 0.05) is 35.4 Å². The van der Waals surface area contributed by atoms with Crippen molar-refractivity contribution in [2.45, 2.75) is 49.6 Å². The number of rotatable bonds is 5. The zero-order valence-electron chi connectivity index (χ0n) is 13.0. The Bertz CT molecular complexity index is 906. The SMILES string of the molecule is CC(C)n1c(SCc2cc(=O)n3ccsc3n2)nnc1C1CC1. The second-order valence-corrected chi connectivity index (χ2v) is 7.82. The van der Waals surface area contributed by atoms with E-state index in [0.29, 0.717) is 17.7 Å². The highest BCUT2D eigenvalue weighted by Gasteiger charge is 2.31. The van der Waals surface area contributed by atoms with Crippen LogP contribution in [0.1, 0.15) is 50.2 Å². The number of nitrogens with zero attached hydrogens (tertiary/aromatic N) is 5. The summed E-state index contributed by atoms with van der Waals surface area (Å²) in [5.74, 6) is 2.30. The van der Waals surface area contributed by atoms with Crippen LogP contribution in [-0.4, -0.2) is 24.1 Å². The number of thioether (sulfide) groups is 1. The Morgan fingerprint density at radius 1 is 1.39 bits per heavy atom. The van der Waals surface area contributed by atoms with Crippen molar-refractivity contribution in [3.8, 4) is 0 Å². The van der Waals surface area contributed by atoms with Crippen LogP contribution in [-0.2, 0) is 5.75 Å². The fourth-order valence-electron chi connectivity index (χ4n) is 2.59. The highest BCUT2D eigenvalue weighted by molar-refractivity contribution is 7.98. The molecule has 0 radical (unpaired) electrons. The van der Waals surface area contributed by atoms with E-state index in [1.807, 2.05) is 5.38 Å². The second-order valence-electron chi connectivity index (χ2n) is 6.01. The van der Waals surface area contributed by atoms with E-state index in [2.05, 4.69) is 33.6 Å². The lowest BCUT2D eigenvalue weighted by molar-refractivity contribution is 0.526. The Morgan fingerprint density at radius 2 is 2.22 bits per heavy atom. The predicted octanol–water partition coefficient (Wildman–Crippen LogP) is 3.10. The summed E-state index contributed by atoms with van der Waals surface area (Å²) >= 11 is 3.07. The van der Waals surface area contributed by atoms with Gasteiger partial charge in [-0.1, -0.05) is 11.8 Å². The summed E-state index contributed by atoms with van der Waals surface area (Å²) in [7, 11) is 0. The van der Waals surface area contributed by atoms with Gasteiger partial charge >= 0.3 is 0 Å². The molecule has 1 saturated carbocycles. The molecule has 1 fully saturated rings. The van der Waals surface area contributed by atoms with Crippen molar-refractivity contribution < 1.29 is 0 Å². The van der Waals surface area contributed by atoms with Crippen LogP contribution < -0.4 is 5.56 Å². The maximum absolute atomic E-state index is 12.0. The maximum Gasteiger partial charge on any atom is 0.258 e. The molecule has 0 N–H and O–H groups in total. The molecular weight excluding hydrogens is 330 g/mol. The molecule has 0 spiro atoms. The minimum Gasteiger partial charge on any atom is -0.303 e. The molecule has 3 heterocycles. The first-order valence-electron chi connectivity index (χ1n) is 7.67. The van der Waals surface area contributed by atoms with Gasteiger partial charge in [0.25, 0.3) is 5.56 Å². The average molecular weight is 347 g/mol. The van der Waals surface area contributed by atoms with Crippen molar-refractivity contribution in [2.75, 3.05) is 0 Å². The van der Waals surface area contributed by atoms with Gasteiger partial charge in [-0.2, -0.15) is 0 Å². The van der Waals surface area contributed by atoms with Crippen LogP contribution in [0.3, 0.4) is 0 Å². The van der Waals surface area contributed by atoms with E-state index >= 15 is 0 Å². The van der Waals surface area contributed by atoms with Crippen molar-refractivity contribution in [2.24, 2.45) is 0 Å². The third-order valence-electron chi connectivity index (χ3n) is 3.86. The van der Waals surface area contributed by atoms with Crippen molar-refractivity contribution in [1.29, 1.82) is 0 Å². The van der Waals surface area contributed by atoms with Crippen molar-refractivity contribution >= 4 is 28.1 Å². The van der Waals surface area contributed by atoms with E-state index in [0.717, 1.165) is 21.6 Å². The minimum absolute atomic E-state index is 0.0316. The summed E-state index contributed by atoms with van der Waals surface area (Å²) in [4.78, 5) is 17.3. The lowest BCUT2D eigenvalue weighted by Crippen LogP contribution is -2.12. The highest BCUT2D eigenvalue weighted by Crippen LogP contribution is 2.41. The molecule has 3 aromatic heterocycles. The van der Waals surface area contributed by atoms with Crippen LogP contribution in [0.4, 0.5) is 0 Å². The van der Waals surface area contributed by atoms with Gasteiger partial charge in [-0.25, -0.2) is 4.98 Å². The Labute approximate surface area is 141 Å². The van der Waals surface area contributed by atoms with Crippen LogP contribution >= 0.6 is 23.1 Å². The number of thiazole rings is 1. The van der Waals surface area contributed by atoms with E-state index in [-0.39, 0.29) is 5.56 Å². The Kier molecular flexibility index (Phi) is 3.73. The molecule has 1 aliphatic rings.